The zero-order valence-corrected chi connectivity index (χ0v) is 4.52. The van der Waals surface area contributed by atoms with E-state index in [1.54, 1.807) is 12.3 Å². The molecule has 0 aliphatic rings. The van der Waals surface area contributed by atoms with Gasteiger partial charge in [0.2, 0.25) is 0 Å². The van der Waals surface area contributed by atoms with Crippen molar-refractivity contribution in [3.8, 4) is 0 Å². The Bertz CT molecular complexity index is 66.5. The number of rotatable bonds is 3. The van der Waals surface area contributed by atoms with Gasteiger partial charge in [0.1, 0.15) is 0 Å². The molecule has 0 aromatic heterocycles. The first kappa shape index (κ1) is 6.37. The highest BCUT2D eigenvalue weighted by atomic mass is 15.0. The molecule has 0 aliphatic heterocycles. The van der Waals surface area contributed by atoms with Crippen molar-refractivity contribution in [2.45, 2.75) is 0 Å². The molecule has 0 radical (unpaired) electrons. The SMILES string of the molecule is C=CC=NCNC. The predicted molar refractivity (Wildman–Crippen MR) is 32.6 cm³/mol. The van der Waals surface area contributed by atoms with Crippen LogP contribution in [-0.2, 0) is 0 Å². The molecule has 2 nitrogen and oxygen atoms in total. The molecule has 0 saturated heterocycles. The minimum absolute atomic E-state index is 0.673. The maximum absolute atomic E-state index is 3.85. The number of nitrogens with one attached hydrogen (secondary N) is 1. The minimum Gasteiger partial charge on any atom is -0.301 e. The van der Waals surface area contributed by atoms with Gasteiger partial charge in [-0.05, 0) is 7.05 Å². The van der Waals surface area contributed by atoms with Crippen molar-refractivity contribution in [2.24, 2.45) is 4.99 Å². The lowest BCUT2D eigenvalue weighted by Crippen LogP contribution is -2.03. The topological polar surface area (TPSA) is 24.4 Å². The second-order valence-electron chi connectivity index (χ2n) is 1.08. The van der Waals surface area contributed by atoms with Gasteiger partial charge in [0, 0.05) is 6.21 Å². The standard InChI is InChI=1S/C5H10N2/c1-3-4-7-5-6-2/h3-4,6H,1,5H2,2H3. The van der Waals surface area contributed by atoms with Crippen LogP contribution in [0.5, 0.6) is 0 Å². The third-order valence-corrected chi connectivity index (χ3v) is 0.460. The van der Waals surface area contributed by atoms with Gasteiger partial charge in [0.05, 0.1) is 6.67 Å². The van der Waals surface area contributed by atoms with Gasteiger partial charge < -0.3 is 5.32 Å². The van der Waals surface area contributed by atoms with E-state index in [9.17, 15) is 0 Å². The summed E-state index contributed by atoms with van der Waals surface area (Å²) in [7, 11) is 1.85. The fourth-order valence-corrected chi connectivity index (χ4v) is 0.219. The first-order valence-corrected chi connectivity index (χ1v) is 2.17. The molecule has 0 heterocycles. The Kier molecular flexibility index (Phi) is 4.89. The average molecular weight is 98.1 g/mol. The molecular formula is C5H10N2. The van der Waals surface area contributed by atoms with E-state index < -0.39 is 0 Å². The Labute approximate surface area is 44.0 Å². The highest BCUT2D eigenvalue weighted by Crippen LogP contribution is 1.57. The van der Waals surface area contributed by atoms with Crippen molar-refractivity contribution in [3.05, 3.63) is 12.7 Å². The normalized spacial score (nSPS) is 9.86. The summed E-state index contributed by atoms with van der Waals surface area (Å²) in [5, 5.41) is 2.86. The van der Waals surface area contributed by atoms with Gasteiger partial charge in [-0.1, -0.05) is 12.7 Å². The Morgan fingerprint density at radius 3 is 3.00 bits per heavy atom. The van der Waals surface area contributed by atoms with Gasteiger partial charge in [-0.2, -0.15) is 0 Å². The van der Waals surface area contributed by atoms with E-state index in [0.29, 0.717) is 6.67 Å². The van der Waals surface area contributed by atoms with Crippen molar-refractivity contribution in [2.75, 3.05) is 13.7 Å². The van der Waals surface area contributed by atoms with Crippen LogP contribution in [0, 0.1) is 0 Å². The molecule has 7 heavy (non-hydrogen) atoms. The quantitative estimate of drug-likeness (QED) is 0.508. The summed E-state index contributed by atoms with van der Waals surface area (Å²) in [5.41, 5.74) is 0. The molecule has 0 aromatic carbocycles. The van der Waals surface area contributed by atoms with Crippen LogP contribution in [-0.4, -0.2) is 19.9 Å². The van der Waals surface area contributed by atoms with Gasteiger partial charge in [-0.15, -0.1) is 0 Å². The number of aliphatic imine (C=N–C) groups is 1. The van der Waals surface area contributed by atoms with E-state index in [2.05, 4.69) is 16.9 Å². The summed E-state index contributed by atoms with van der Waals surface area (Å²) >= 11 is 0. The summed E-state index contributed by atoms with van der Waals surface area (Å²) in [6.07, 6.45) is 3.31. The Morgan fingerprint density at radius 1 is 1.86 bits per heavy atom. The van der Waals surface area contributed by atoms with Gasteiger partial charge in [0.25, 0.3) is 0 Å². The summed E-state index contributed by atoms with van der Waals surface area (Å²) in [5.74, 6) is 0. The summed E-state index contributed by atoms with van der Waals surface area (Å²) in [6, 6.07) is 0. The second kappa shape index (κ2) is 5.37. The maximum atomic E-state index is 3.85. The van der Waals surface area contributed by atoms with E-state index in [4.69, 9.17) is 0 Å². The molecule has 0 amide bonds. The molecular weight excluding hydrogens is 88.1 g/mol. The van der Waals surface area contributed by atoms with E-state index in [-0.39, 0.29) is 0 Å². The Morgan fingerprint density at radius 2 is 2.57 bits per heavy atom. The van der Waals surface area contributed by atoms with Crippen LogP contribution in [0.1, 0.15) is 0 Å². The van der Waals surface area contributed by atoms with Gasteiger partial charge >= 0.3 is 0 Å². The Balaban J connectivity index is 2.92. The van der Waals surface area contributed by atoms with E-state index >= 15 is 0 Å². The van der Waals surface area contributed by atoms with E-state index in [1.165, 1.54) is 0 Å². The average Bonchev–Trinajstić information content (AvgIpc) is 1.69. The van der Waals surface area contributed by atoms with E-state index in [1.807, 2.05) is 7.05 Å². The highest BCUT2D eigenvalue weighted by molar-refractivity contribution is 5.69. The highest BCUT2D eigenvalue weighted by Gasteiger charge is 1.62. The van der Waals surface area contributed by atoms with Crippen molar-refractivity contribution < 1.29 is 0 Å². The second-order valence-corrected chi connectivity index (χ2v) is 1.08. The molecule has 0 spiro atoms. The zero-order chi connectivity index (χ0) is 5.54. The Hall–Kier alpha value is -0.630. The summed E-state index contributed by atoms with van der Waals surface area (Å²) in [6.45, 7) is 4.13. The van der Waals surface area contributed by atoms with Crippen molar-refractivity contribution >= 4 is 6.21 Å². The summed E-state index contributed by atoms with van der Waals surface area (Å²) in [4.78, 5) is 3.85. The molecule has 0 aromatic rings. The monoisotopic (exact) mass is 98.1 g/mol. The lowest BCUT2D eigenvalue weighted by atomic mass is 10.7. The minimum atomic E-state index is 0.673. The van der Waals surface area contributed by atoms with Crippen molar-refractivity contribution in [1.29, 1.82) is 0 Å². The molecule has 0 aliphatic carbocycles. The molecule has 2 heteroatoms. The predicted octanol–water partition coefficient (Wildman–Crippen LogP) is 0.420. The fraction of sp³-hybridized carbons (Fsp3) is 0.400. The molecule has 0 rings (SSSR count). The van der Waals surface area contributed by atoms with Crippen LogP contribution in [0.4, 0.5) is 0 Å². The molecule has 0 atom stereocenters. The summed E-state index contributed by atoms with van der Waals surface area (Å²) < 4.78 is 0. The number of allylic oxidation sites excluding steroid dienone is 1. The van der Waals surface area contributed by atoms with Crippen LogP contribution in [0.3, 0.4) is 0 Å². The number of hydrogen-bond donors (Lipinski definition) is 1. The van der Waals surface area contributed by atoms with Crippen LogP contribution >= 0.6 is 0 Å². The van der Waals surface area contributed by atoms with Crippen molar-refractivity contribution in [1.82, 2.24) is 5.32 Å². The molecule has 0 saturated carbocycles. The lowest BCUT2D eigenvalue weighted by molar-refractivity contribution is 0.838. The number of nitrogens with zero attached hydrogens (tertiary/aromatic N) is 1. The van der Waals surface area contributed by atoms with Crippen LogP contribution in [0.15, 0.2) is 17.6 Å². The smallest absolute Gasteiger partial charge is 0.0881 e. The first-order valence-electron chi connectivity index (χ1n) is 2.17. The largest absolute Gasteiger partial charge is 0.301 e. The van der Waals surface area contributed by atoms with Gasteiger partial charge in [-0.3, -0.25) is 4.99 Å². The zero-order valence-electron chi connectivity index (χ0n) is 4.52. The van der Waals surface area contributed by atoms with Gasteiger partial charge in [-0.25, -0.2) is 0 Å². The maximum Gasteiger partial charge on any atom is 0.0881 e. The fourth-order valence-electron chi connectivity index (χ4n) is 0.219. The molecule has 1 N–H and O–H groups in total. The van der Waals surface area contributed by atoms with Gasteiger partial charge in [0.15, 0.2) is 0 Å². The molecule has 0 bridgehead atoms. The third-order valence-electron chi connectivity index (χ3n) is 0.460. The number of hydrogen-bond acceptors (Lipinski definition) is 2. The molecule has 0 unspecified atom stereocenters. The molecule has 0 fully saturated rings. The van der Waals surface area contributed by atoms with Crippen molar-refractivity contribution in [3.63, 3.8) is 0 Å². The van der Waals surface area contributed by atoms with E-state index in [0.717, 1.165) is 0 Å². The lowest BCUT2D eigenvalue weighted by Gasteiger charge is -1.83. The van der Waals surface area contributed by atoms with Crippen LogP contribution in [0.25, 0.3) is 0 Å². The van der Waals surface area contributed by atoms with Crippen LogP contribution in [0.2, 0.25) is 0 Å². The third kappa shape index (κ3) is 5.37. The van der Waals surface area contributed by atoms with Crippen LogP contribution < -0.4 is 5.32 Å². The first-order chi connectivity index (χ1) is 3.41. The molecule has 40 valence electrons.